The van der Waals surface area contributed by atoms with Crippen molar-refractivity contribution in [1.29, 1.82) is 0 Å². The van der Waals surface area contributed by atoms with E-state index in [4.69, 9.17) is 9.97 Å². The molecule has 0 N–H and O–H groups in total. The zero-order chi connectivity index (χ0) is 27.6. The van der Waals surface area contributed by atoms with E-state index in [0.29, 0.717) is 0 Å². The Morgan fingerprint density at radius 1 is 0.357 bits per heavy atom. The lowest BCUT2D eigenvalue weighted by molar-refractivity contribution is 1.35. The molecule has 9 aromatic rings. The van der Waals surface area contributed by atoms with Gasteiger partial charge in [-0.1, -0.05) is 72.8 Å². The standard InChI is InChI=1S/C37H21N5/c1-2-8-27-26(7-1)32(30-15-13-24-11-9-22-5-3-18-39-34(22)36(24)41-30)28-17-20-38-21-29(28)33(27)31-16-14-25-12-10-23-6-4-19-40-35(23)37(25)42-31/h1-21H. The minimum Gasteiger partial charge on any atom is -0.264 e. The highest BCUT2D eigenvalue weighted by Gasteiger charge is 2.19. The van der Waals surface area contributed by atoms with Gasteiger partial charge in [0.2, 0.25) is 0 Å². The Hall–Kier alpha value is -5.81. The predicted molar refractivity (Wildman–Crippen MR) is 171 cm³/mol. The zero-order valence-corrected chi connectivity index (χ0v) is 22.4. The van der Waals surface area contributed by atoms with Crippen LogP contribution in [0.1, 0.15) is 0 Å². The van der Waals surface area contributed by atoms with Crippen molar-refractivity contribution in [3.8, 4) is 22.5 Å². The van der Waals surface area contributed by atoms with Crippen molar-refractivity contribution in [3.63, 3.8) is 0 Å². The maximum absolute atomic E-state index is 5.24. The summed E-state index contributed by atoms with van der Waals surface area (Å²) in [6, 6.07) is 35.6. The molecule has 5 nitrogen and oxygen atoms in total. The molecule has 5 aromatic heterocycles. The molecule has 5 heterocycles. The molecule has 0 spiro atoms. The van der Waals surface area contributed by atoms with Crippen molar-refractivity contribution in [1.82, 2.24) is 24.9 Å². The molecule has 0 saturated heterocycles. The second kappa shape index (κ2) is 8.85. The van der Waals surface area contributed by atoms with Gasteiger partial charge in [0.1, 0.15) is 0 Å². The lowest BCUT2D eigenvalue weighted by atomic mass is 9.89. The molecule has 194 valence electrons. The summed E-state index contributed by atoms with van der Waals surface area (Å²) >= 11 is 0. The second-order valence-corrected chi connectivity index (χ2v) is 10.5. The third-order valence-electron chi connectivity index (χ3n) is 8.20. The Bertz CT molecular complexity index is 2300. The van der Waals surface area contributed by atoms with Crippen molar-refractivity contribution >= 4 is 65.2 Å². The number of hydrogen-bond acceptors (Lipinski definition) is 5. The third kappa shape index (κ3) is 3.34. The molecule has 0 aliphatic carbocycles. The molecule has 0 radical (unpaired) electrons. The number of aromatic nitrogens is 5. The molecule has 0 bridgehead atoms. The van der Waals surface area contributed by atoms with Gasteiger partial charge in [-0.15, -0.1) is 0 Å². The Kier molecular flexibility index (Phi) is 4.83. The average molecular weight is 536 g/mol. The van der Waals surface area contributed by atoms with Crippen LogP contribution < -0.4 is 0 Å². The van der Waals surface area contributed by atoms with Gasteiger partial charge < -0.3 is 0 Å². The van der Waals surface area contributed by atoms with Gasteiger partial charge >= 0.3 is 0 Å². The van der Waals surface area contributed by atoms with Crippen LogP contribution in [-0.4, -0.2) is 24.9 Å². The zero-order valence-electron chi connectivity index (χ0n) is 22.4. The van der Waals surface area contributed by atoms with Gasteiger partial charge in [0.15, 0.2) is 0 Å². The van der Waals surface area contributed by atoms with Crippen LogP contribution in [0.3, 0.4) is 0 Å². The van der Waals surface area contributed by atoms with Crippen molar-refractivity contribution in [2.24, 2.45) is 0 Å². The Balaban J connectivity index is 1.38. The summed E-state index contributed by atoms with van der Waals surface area (Å²) in [7, 11) is 0. The van der Waals surface area contributed by atoms with E-state index in [2.05, 4.69) is 106 Å². The lowest BCUT2D eigenvalue weighted by Gasteiger charge is -2.17. The monoisotopic (exact) mass is 535 g/mol. The Morgan fingerprint density at radius 3 is 1.40 bits per heavy atom. The highest BCUT2D eigenvalue weighted by Crippen LogP contribution is 2.43. The first-order chi connectivity index (χ1) is 20.8. The summed E-state index contributed by atoms with van der Waals surface area (Å²) in [6.45, 7) is 0. The minimum atomic E-state index is 0.892. The molecule has 0 amide bonds. The molecule has 4 aromatic carbocycles. The van der Waals surface area contributed by atoms with Crippen LogP contribution in [0, 0.1) is 0 Å². The fourth-order valence-corrected chi connectivity index (χ4v) is 6.30. The molecule has 0 aliphatic rings. The van der Waals surface area contributed by atoms with E-state index in [1.165, 1.54) is 0 Å². The fourth-order valence-electron chi connectivity index (χ4n) is 6.30. The van der Waals surface area contributed by atoms with Crippen LogP contribution >= 0.6 is 0 Å². The topological polar surface area (TPSA) is 64.5 Å². The van der Waals surface area contributed by atoms with Crippen molar-refractivity contribution < 1.29 is 0 Å². The van der Waals surface area contributed by atoms with Gasteiger partial charge in [-0.25, -0.2) is 9.97 Å². The van der Waals surface area contributed by atoms with E-state index in [1.807, 2.05) is 36.9 Å². The normalized spacial score (nSPS) is 11.8. The van der Waals surface area contributed by atoms with Crippen LogP contribution in [-0.2, 0) is 0 Å². The van der Waals surface area contributed by atoms with Gasteiger partial charge in [-0.2, -0.15) is 0 Å². The summed E-state index contributed by atoms with van der Waals surface area (Å²) in [5.74, 6) is 0. The second-order valence-electron chi connectivity index (χ2n) is 10.5. The largest absolute Gasteiger partial charge is 0.264 e. The summed E-state index contributed by atoms with van der Waals surface area (Å²) < 4.78 is 0. The molecule has 0 unspecified atom stereocenters. The van der Waals surface area contributed by atoms with Gasteiger partial charge in [0.05, 0.1) is 33.5 Å². The van der Waals surface area contributed by atoms with E-state index >= 15 is 0 Å². The maximum atomic E-state index is 5.24. The van der Waals surface area contributed by atoms with E-state index in [1.54, 1.807) is 0 Å². The van der Waals surface area contributed by atoms with E-state index < -0.39 is 0 Å². The van der Waals surface area contributed by atoms with Crippen molar-refractivity contribution in [2.75, 3.05) is 0 Å². The number of hydrogen-bond donors (Lipinski definition) is 0. The summed E-state index contributed by atoms with van der Waals surface area (Å²) in [5.41, 5.74) is 7.54. The first kappa shape index (κ1) is 22.9. The number of nitrogens with zero attached hydrogens (tertiary/aromatic N) is 5. The van der Waals surface area contributed by atoms with Crippen LogP contribution in [0.25, 0.3) is 87.7 Å². The van der Waals surface area contributed by atoms with E-state index in [9.17, 15) is 0 Å². The lowest BCUT2D eigenvalue weighted by Crippen LogP contribution is -1.95. The van der Waals surface area contributed by atoms with Gasteiger partial charge in [-0.3, -0.25) is 15.0 Å². The molecule has 0 atom stereocenters. The van der Waals surface area contributed by atoms with Crippen molar-refractivity contribution in [3.05, 3.63) is 128 Å². The SMILES string of the molecule is c1cnc2c(c1)ccc1ccc(-c3c4ccccc4c(-c4ccc5ccc6cccnc6c5n4)c4cnccc34)nc12. The highest BCUT2D eigenvalue weighted by atomic mass is 14.8. The maximum Gasteiger partial charge on any atom is 0.0972 e. The molecule has 0 aliphatic heterocycles. The Labute approximate surface area is 240 Å². The van der Waals surface area contributed by atoms with Crippen molar-refractivity contribution in [2.45, 2.75) is 0 Å². The molecule has 5 heteroatoms. The Morgan fingerprint density at radius 2 is 0.833 bits per heavy atom. The van der Waals surface area contributed by atoms with Crippen LogP contribution in [0.2, 0.25) is 0 Å². The third-order valence-corrected chi connectivity index (χ3v) is 8.20. The first-order valence-electron chi connectivity index (χ1n) is 13.9. The quantitative estimate of drug-likeness (QED) is 0.163. The van der Waals surface area contributed by atoms with E-state index in [0.717, 1.165) is 87.7 Å². The van der Waals surface area contributed by atoms with E-state index in [-0.39, 0.29) is 0 Å². The number of benzene rings is 4. The molecule has 9 rings (SSSR count). The molecular weight excluding hydrogens is 514 g/mol. The number of pyridine rings is 5. The smallest absolute Gasteiger partial charge is 0.0972 e. The average Bonchev–Trinajstić information content (AvgIpc) is 3.06. The summed E-state index contributed by atoms with van der Waals surface area (Å²) in [6.07, 6.45) is 7.46. The number of fused-ring (bicyclic) bond motifs is 8. The summed E-state index contributed by atoms with van der Waals surface area (Å²) in [4.78, 5) is 24.4. The van der Waals surface area contributed by atoms with Gasteiger partial charge in [0, 0.05) is 62.8 Å². The predicted octanol–water partition coefficient (Wildman–Crippen LogP) is 8.91. The van der Waals surface area contributed by atoms with Crippen LogP contribution in [0.15, 0.2) is 128 Å². The van der Waals surface area contributed by atoms with Gasteiger partial charge in [-0.05, 0) is 46.5 Å². The fraction of sp³-hybridized carbons (Fsp3) is 0. The number of rotatable bonds is 2. The first-order valence-corrected chi connectivity index (χ1v) is 13.9. The molecule has 0 fully saturated rings. The molecule has 42 heavy (non-hydrogen) atoms. The summed E-state index contributed by atoms with van der Waals surface area (Å²) in [5, 5.41) is 8.61. The van der Waals surface area contributed by atoms with Gasteiger partial charge in [0.25, 0.3) is 0 Å². The minimum absolute atomic E-state index is 0.892. The molecular formula is C37H21N5. The highest BCUT2D eigenvalue weighted by molar-refractivity contribution is 6.21. The van der Waals surface area contributed by atoms with Crippen LogP contribution in [0.5, 0.6) is 0 Å². The molecule has 0 saturated carbocycles. The van der Waals surface area contributed by atoms with Crippen LogP contribution in [0.4, 0.5) is 0 Å².